The molecule has 0 radical (unpaired) electrons. The van der Waals surface area contributed by atoms with Crippen molar-refractivity contribution in [1.29, 1.82) is 0 Å². The molecule has 6 heteroatoms. The zero-order valence-corrected chi connectivity index (χ0v) is 10.1. The number of carboxylic acid groups (broad SMARTS) is 1. The molecule has 4 N–H and O–H groups in total. The highest BCUT2D eigenvalue weighted by atomic mass is 16.4. The molecule has 1 rings (SSSR count). The van der Waals surface area contributed by atoms with Crippen molar-refractivity contribution in [1.82, 2.24) is 5.32 Å². The number of aliphatic carboxylic acids is 1. The molecule has 0 aliphatic heterocycles. The van der Waals surface area contributed by atoms with Crippen LogP contribution in [0.15, 0.2) is 12.2 Å². The van der Waals surface area contributed by atoms with Gasteiger partial charge in [-0.2, -0.15) is 0 Å². The van der Waals surface area contributed by atoms with Crippen molar-refractivity contribution in [3.63, 3.8) is 0 Å². The average molecular weight is 254 g/mol. The molecule has 0 fully saturated rings. The van der Waals surface area contributed by atoms with Crippen LogP contribution in [0.3, 0.4) is 0 Å². The lowest BCUT2D eigenvalue weighted by Gasteiger charge is -2.15. The van der Waals surface area contributed by atoms with Crippen molar-refractivity contribution >= 4 is 17.8 Å². The van der Waals surface area contributed by atoms with Gasteiger partial charge in [-0.25, -0.2) is 4.79 Å². The molecule has 0 aromatic heterocycles. The molecule has 100 valence electrons. The Morgan fingerprint density at radius 1 is 1.44 bits per heavy atom. The summed E-state index contributed by atoms with van der Waals surface area (Å²) in [5, 5.41) is 11.3. The molecule has 1 aliphatic rings. The number of carbonyl (C=O) groups is 3. The topological polar surface area (TPSA) is 109 Å². The molecule has 0 heterocycles. The maximum absolute atomic E-state index is 11.6. The van der Waals surface area contributed by atoms with Crippen LogP contribution in [-0.2, 0) is 14.4 Å². The Morgan fingerprint density at radius 2 is 2.17 bits per heavy atom. The van der Waals surface area contributed by atoms with E-state index in [1.54, 1.807) is 0 Å². The predicted molar refractivity (Wildman–Crippen MR) is 64.5 cm³/mol. The molecular formula is C12H18N2O4. The van der Waals surface area contributed by atoms with Gasteiger partial charge in [0.2, 0.25) is 11.8 Å². The molecule has 1 unspecified atom stereocenters. The summed E-state index contributed by atoms with van der Waals surface area (Å²) in [7, 11) is 0. The number of allylic oxidation sites excluding steroid dienone is 2. The van der Waals surface area contributed by atoms with Crippen molar-refractivity contribution < 1.29 is 19.5 Å². The highest BCUT2D eigenvalue weighted by molar-refractivity contribution is 5.84. The van der Waals surface area contributed by atoms with Gasteiger partial charge in [0.25, 0.3) is 0 Å². The minimum atomic E-state index is -1.15. The van der Waals surface area contributed by atoms with E-state index in [1.807, 2.05) is 12.2 Å². The second-order valence-electron chi connectivity index (χ2n) is 4.43. The molecule has 0 aromatic rings. The predicted octanol–water partition coefficient (Wildman–Crippen LogP) is 0.178. The third-order valence-corrected chi connectivity index (χ3v) is 2.87. The van der Waals surface area contributed by atoms with E-state index < -0.39 is 17.9 Å². The number of primary amides is 1. The van der Waals surface area contributed by atoms with Crippen molar-refractivity contribution in [2.24, 2.45) is 11.7 Å². The Morgan fingerprint density at radius 3 is 2.67 bits per heavy atom. The van der Waals surface area contributed by atoms with E-state index in [2.05, 4.69) is 5.32 Å². The van der Waals surface area contributed by atoms with Crippen LogP contribution >= 0.6 is 0 Å². The summed E-state index contributed by atoms with van der Waals surface area (Å²) < 4.78 is 0. The van der Waals surface area contributed by atoms with Crippen molar-refractivity contribution in [2.75, 3.05) is 0 Å². The van der Waals surface area contributed by atoms with Gasteiger partial charge in [0, 0.05) is 12.8 Å². The molecule has 18 heavy (non-hydrogen) atoms. The SMILES string of the molecule is NC(=O)CC[C@@H](NC(=O)CC1C=CCC1)C(=O)O. The van der Waals surface area contributed by atoms with Crippen LogP contribution in [-0.4, -0.2) is 28.9 Å². The van der Waals surface area contributed by atoms with Crippen LogP contribution in [0.1, 0.15) is 32.1 Å². The number of carboxylic acids is 1. The largest absolute Gasteiger partial charge is 0.480 e. The monoisotopic (exact) mass is 254 g/mol. The Bertz CT molecular complexity index is 365. The minimum Gasteiger partial charge on any atom is -0.480 e. The quantitative estimate of drug-likeness (QED) is 0.563. The maximum atomic E-state index is 11.6. The number of nitrogens with one attached hydrogen (secondary N) is 1. The summed E-state index contributed by atoms with van der Waals surface area (Å²) in [6.07, 6.45) is 6.13. The molecular weight excluding hydrogens is 236 g/mol. The second kappa shape index (κ2) is 6.78. The van der Waals surface area contributed by atoms with Crippen LogP contribution in [0.4, 0.5) is 0 Å². The van der Waals surface area contributed by atoms with Crippen LogP contribution in [0.2, 0.25) is 0 Å². The van der Waals surface area contributed by atoms with E-state index >= 15 is 0 Å². The molecule has 0 saturated heterocycles. The Labute approximate surface area is 105 Å². The molecule has 0 spiro atoms. The van der Waals surface area contributed by atoms with Crippen molar-refractivity contribution in [2.45, 2.75) is 38.1 Å². The van der Waals surface area contributed by atoms with E-state index in [9.17, 15) is 14.4 Å². The van der Waals surface area contributed by atoms with E-state index in [-0.39, 0.29) is 31.1 Å². The molecule has 2 atom stereocenters. The lowest BCUT2D eigenvalue weighted by molar-refractivity contribution is -0.142. The minimum absolute atomic E-state index is 0.0247. The number of hydrogen-bond acceptors (Lipinski definition) is 3. The van der Waals surface area contributed by atoms with Crippen LogP contribution in [0, 0.1) is 5.92 Å². The molecule has 6 nitrogen and oxygen atoms in total. The first kappa shape index (κ1) is 14.2. The number of nitrogens with two attached hydrogens (primary N) is 1. The first-order valence-corrected chi connectivity index (χ1v) is 5.96. The molecule has 1 aliphatic carbocycles. The van der Waals surface area contributed by atoms with Gasteiger partial charge in [0.15, 0.2) is 0 Å². The average Bonchev–Trinajstić information content (AvgIpc) is 2.76. The third-order valence-electron chi connectivity index (χ3n) is 2.87. The van der Waals surface area contributed by atoms with E-state index in [4.69, 9.17) is 10.8 Å². The van der Waals surface area contributed by atoms with Gasteiger partial charge in [0.05, 0.1) is 0 Å². The molecule has 0 bridgehead atoms. The van der Waals surface area contributed by atoms with Crippen LogP contribution in [0.25, 0.3) is 0 Å². The summed E-state index contributed by atoms with van der Waals surface area (Å²) in [5.41, 5.74) is 4.95. The number of hydrogen-bond donors (Lipinski definition) is 3. The van der Waals surface area contributed by atoms with Gasteiger partial charge in [-0.1, -0.05) is 12.2 Å². The fourth-order valence-electron chi connectivity index (χ4n) is 1.90. The van der Waals surface area contributed by atoms with Gasteiger partial charge in [0.1, 0.15) is 6.04 Å². The normalized spacial score (nSPS) is 19.4. The Hall–Kier alpha value is -1.85. The van der Waals surface area contributed by atoms with Crippen molar-refractivity contribution in [3.8, 4) is 0 Å². The first-order chi connectivity index (χ1) is 8.49. The van der Waals surface area contributed by atoms with Crippen LogP contribution < -0.4 is 11.1 Å². The molecule has 0 aromatic carbocycles. The van der Waals surface area contributed by atoms with Gasteiger partial charge in [-0.3, -0.25) is 9.59 Å². The summed E-state index contributed by atoms with van der Waals surface area (Å²) in [4.78, 5) is 33.1. The Kier molecular flexibility index (Phi) is 5.35. The first-order valence-electron chi connectivity index (χ1n) is 5.96. The second-order valence-corrected chi connectivity index (χ2v) is 4.43. The number of carbonyl (C=O) groups excluding carboxylic acids is 2. The van der Waals surface area contributed by atoms with Gasteiger partial charge >= 0.3 is 5.97 Å². The summed E-state index contributed by atoms with van der Waals surface area (Å²) in [6.45, 7) is 0. The van der Waals surface area contributed by atoms with Gasteiger partial charge in [-0.15, -0.1) is 0 Å². The van der Waals surface area contributed by atoms with Gasteiger partial charge < -0.3 is 16.2 Å². The molecule has 0 saturated carbocycles. The van der Waals surface area contributed by atoms with E-state index in [1.165, 1.54) is 0 Å². The number of rotatable bonds is 7. The zero-order valence-electron chi connectivity index (χ0n) is 10.1. The summed E-state index contributed by atoms with van der Waals surface area (Å²) >= 11 is 0. The lowest BCUT2D eigenvalue weighted by Crippen LogP contribution is -2.41. The fraction of sp³-hybridized carbons (Fsp3) is 0.583. The van der Waals surface area contributed by atoms with Crippen molar-refractivity contribution in [3.05, 3.63) is 12.2 Å². The van der Waals surface area contributed by atoms with Crippen LogP contribution in [0.5, 0.6) is 0 Å². The highest BCUT2D eigenvalue weighted by Gasteiger charge is 2.22. The molecule has 2 amide bonds. The maximum Gasteiger partial charge on any atom is 0.326 e. The summed E-state index contributed by atoms with van der Waals surface area (Å²) in [6, 6.07) is -1.05. The van der Waals surface area contributed by atoms with E-state index in [0.29, 0.717) is 0 Å². The highest BCUT2D eigenvalue weighted by Crippen LogP contribution is 2.20. The fourth-order valence-corrected chi connectivity index (χ4v) is 1.90. The number of amides is 2. The standard InChI is InChI=1S/C12H18N2O4/c13-10(15)6-5-9(12(17)18)14-11(16)7-8-3-1-2-4-8/h1,3,8-9H,2,4-7H2,(H2,13,15)(H,14,16)(H,17,18)/t8?,9-/m1/s1. The Balaban J connectivity index is 2.39. The van der Waals surface area contributed by atoms with E-state index in [0.717, 1.165) is 12.8 Å². The van der Waals surface area contributed by atoms with Gasteiger partial charge in [-0.05, 0) is 25.2 Å². The smallest absolute Gasteiger partial charge is 0.326 e. The third kappa shape index (κ3) is 4.99. The lowest BCUT2D eigenvalue weighted by atomic mass is 10.0. The zero-order chi connectivity index (χ0) is 13.5. The summed E-state index contributed by atoms with van der Waals surface area (Å²) in [5.74, 6) is -1.83.